The normalized spacial score (nSPS) is 21.8. The van der Waals surface area contributed by atoms with Crippen molar-refractivity contribution in [2.45, 2.75) is 51.4 Å². The van der Waals surface area contributed by atoms with E-state index in [9.17, 15) is 9.59 Å². The van der Waals surface area contributed by atoms with E-state index in [1.807, 2.05) is 29.2 Å². The molecule has 2 N–H and O–H groups in total. The average Bonchev–Trinajstić information content (AvgIpc) is 3.44. The molecule has 30 heavy (non-hydrogen) atoms. The van der Waals surface area contributed by atoms with Gasteiger partial charge >= 0.3 is 0 Å². The summed E-state index contributed by atoms with van der Waals surface area (Å²) in [5, 5.41) is 0. The first kappa shape index (κ1) is 20.6. The largest absolute Gasteiger partial charge is 0.369 e. The zero-order valence-corrected chi connectivity index (χ0v) is 17.6. The van der Waals surface area contributed by atoms with Gasteiger partial charge in [0.2, 0.25) is 11.8 Å². The van der Waals surface area contributed by atoms with Crippen LogP contribution in [0.4, 0.5) is 0 Å². The van der Waals surface area contributed by atoms with Crippen LogP contribution in [-0.2, 0) is 16.0 Å². The SMILES string of the molecule is NC(=O)[C@@]1(Cc2ccccc2-c2ccncc2)CCN(C(=O)CCC2CCCC2)C1. The van der Waals surface area contributed by atoms with E-state index in [1.165, 1.54) is 25.7 Å². The second-order valence-corrected chi connectivity index (χ2v) is 8.97. The first-order chi connectivity index (χ1) is 14.6. The van der Waals surface area contributed by atoms with E-state index in [2.05, 4.69) is 17.1 Å². The van der Waals surface area contributed by atoms with Crippen LogP contribution < -0.4 is 5.73 Å². The van der Waals surface area contributed by atoms with Crippen LogP contribution in [-0.4, -0.2) is 34.8 Å². The van der Waals surface area contributed by atoms with Gasteiger partial charge in [0, 0.05) is 31.9 Å². The summed E-state index contributed by atoms with van der Waals surface area (Å²) in [5.41, 5.74) is 8.46. The molecule has 0 radical (unpaired) electrons. The van der Waals surface area contributed by atoms with E-state index in [1.54, 1.807) is 12.4 Å². The maximum atomic E-state index is 12.8. The smallest absolute Gasteiger partial charge is 0.225 e. The van der Waals surface area contributed by atoms with Crippen LogP contribution in [0.5, 0.6) is 0 Å². The molecule has 4 rings (SSSR count). The fourth-order valence-electron chi connectivity index (χ4n) is 5.15. The molecule has 1 aromatic carbocycles. The number of nitrogens with zero attached hydrogens (tertiary/aromatic N) is 2. The van der Waals surface area contributed by atoms with Crippen molar-refractivity contribution >= 4 is 11.8 Å². The Morgan fingerprint density at radius 1 is 1.10 bits per heavy atom. The van der Waals surface area contributed by atoms with Crippen molar-refractivity contribution in [3.05, 3.63) is 54.4 Å². The predicted molar refractivity (Wildman–Crippen MR) is 117 cm³/mol. The van der Waals surface area contributed by atoms with Crippen molar-refractivity contribution in [3.63, 3.8) is 0 Å². The van der Waals surface area contributed by atoms with E-state index in [4.69, 9.17) is 5.73 Å². The highest BCUT2D eigenvalue weighted by Crippen LogP contribution is 2.37. The van der Waals surface area contributed by atoms with E-state index in [0.29, 0.717) is 38.3 Å². The third kappa shape index (κ3) is 4.40. The molecule has 0 bridgehead atoms. The van der Waals surface area contributed by atoms with Crippen LogP contribution in [0.15, 0.2) is 48.8 Å². The Hall–Kier alpha value is -2.69. The molecule has 158 valence electrons. The van der Waals surface area contributed by atoms with Gasteiger partial charge in [-0.3, -0.25) is 14.6 Å². The zero-order chi connectivity index (χ0) is 21.0. The standard InChI is InChI=1S/C25H31N3O2/c26-24(30)25(13-16-28(18-25)23(29)10-9-19-5-1-2-6-19)17-21-7-3-4-8-22(21)20-11-14-27-15-12-20/h3-4,7-8,11-12,14-15,19H,1-2,5-6,9-10,13,16-18H2,(H2,26,30)/t25-/m1/s1. The topological polar surface area (TPSA) is 76.3 Å². The summed E-state index contributed by atoms with van der Waals surface area (Å²) in [6.45, 7) is 1.04. The van der Waals surface area contributed by atoms with Crippen molar-refractivity contribution in [2.75, 3.05) is 13.1 Å². The van der Waals surface area contributed by atoms with Gasteiger partial charge in [-0.25, -0.2) is 0 Å². The van der Waals surface area contributed by atoms with Gasteiger partial charge in [0.1, 0.15) is 0 Å². The number of aromatic nitrogens is 1. The number of nitrogens with two attached hydrogens (primary N) is 1. The quantitative estimate of drug-likeness (QED) is 0.757. The lowest BCUT2D eigenvalue weighted by Crippen LogP contribution is -2.42. The van der Waals surface area contributed by atoms with Crippen molar-refractivity contribution in [3.8, 4) is 11.1 Å². The Morgan fingerprint density at radius 3 is 2.57 bits per heavy atom. The van der Waals surface area contributed by atoms with E-state index in [0.717, 1.165) is 23.1 Å². The number of benzene rings is 1. The number of rotatable bonds is 7. The molecule has 1 saturated carbocycles. The Balaban J connectivity index is 1.48. The van der Waals surface area contributed by atoms with Gasteiger partial charge < -0.3 is 10.6 Å². The maximum absolute atomic E-state index is 12.8. The number of carbonyl (C=O) groups excluding carboxylic acids is 2. The molecule has 2 aromatic rings. The zero-order valence-electron chi connectivity index (χ0n) is 17.6. The molecule has 0 unspecified atom stereocenters. The molecule has 2 fully saturated rings. The Bertz CT molecular complexity index is 892. The summed E-state index contributed by atoms with van der Waals surface area (Å²) in [5.74, 6) is 0.565. The van der Waals surface area contributed by atoms with Crippen LogP contribution >= 0.6 is 0 Å². The minimum atomic E-state index is -0.702. The van der Waals surface area contributed by atoms with Gasteiger partial charge in [-0.15, -0.1) is 0 Å². The number of pyridine rings is 1. The molecule has 2 aliphatic rings. The van der Waals surface area contributed by atoms with Crippen LogP contribution in [0.3, 0.4) is 0 Å². The molecular weight excluding hydrogens is 374 g/mol. The first-order valence-electron chi connectivity index (χ1n) is 11.1. The molecule has 0 spiro atoms. The number of carbonyl (C=O) groups is 2. The molecule has 1 aromatic heterocycles. The van der Waals surface area contributed by atoms with Crippen molar-refractivity contribution in [1.29, 1.82) is 0 Å². The third-order valence-corrected chi connectivity index (χ3v) is 7.01. The van der Waals surface area contributed by atoms with Crippen LogP contribution in [0.2, 0.25) is 0 Å². The van der Waals surface area contributed by atoms with Gasteiger partial charge in [-0.05, 0) is 54.0 Å². The van der Waals surface area contributed by atoms with Gasteiger partial charge in [0.25, 0.3) is 0 Å². The molecule has 2 heterocycles. The molecule has 5 heteroatoms. The number of hydrogen-bond acceptors (Lipinski definition) is 3. The van der Waals surface area contributed by atoms with E-state index < -0.39 is 5.41 Å². The molecule has 1 aliphatic heterocycles. The fraction of sp³-hybridized carbons (Fsp3) is 0.480. The summed E-state index contributed by atoms with van der Waals surface area (Å²) in [6, 6.07) is 12.1. The number of primary amides is 1. The lowest BCUT2D eigenvalue weighted by Gasteiger charge is -2.27. The molecule has 1 aliphatic carbocycles. The molecule has 1 atom stereocenters. The highest BCUT2D eigenvalue weighted by atomic mass is 16.2. The molecule has 2 amide bonds. The second kappa shape index (κ2) is 8.99. The van der Waals surface area contributed by atoms with Gasteiger partial charge in [0.05, 0.1) is 5.41 Å². The number of amides is 2. The van der Waals surface area contributed by atoms with Gasteiger partial charge in [0.15, 0.2) is 0 Å². The summed E-state index contributed by atoms with van der Waals surface area (Å²) >= 11 is 0. The lowest BCUT2D eigenvalue weighted by atomic mass is 9.78. The summed E-state index contributed by atoms with van der Waals surface area (Å²) in [6.07, 6.45) is 11.4. The monoisotopic (exact) mass is 405 g/mol. The second-order valence-electron chi connectivity index (χ2n) is 8.97. The number of likely N-dealkylation sites (tertiary alicyclic amines) is 1. The minimum absolute atomic E-state index is 0.174. The summed E-state index contributed by atoms with van der Waals surface area (Å²) in [7, 11) is 0. The van der Waals surface area contributed by atoms with E-state index >= 15 is 0 Å². The first-order valence-corrected chi connectivity index (χ1v) is 11.1. The highest BCUT2D eigenvalue weighted by molar-refractivity contribution is 5.85. The third-order valence-electron chi connectivity index (χ3n) is 7.01. The fourth-order valence-corrected chi connectivity index (χ4v) is 5.15. The molecular formula is C25H31N3O2. The van der Waals surface area contributed by atoms with Gasteiger partial charge in [-0.2, -0.15) is 0 Å². The molecule has 5 nitrogen and oxygen atoms in total. The van der Waals surface area contributed by atoms with Crippen molar-refractivity contribution in [2.24, 2.45) is 17.1 Å². The van der Waals surface area contributed by atoms with Crippen molar-refractivity contribution < 1.29 is 9.59 Å². The lowest BCUT2D eigenvalue weighted by molar-refractivity contribution is -0.132. The van der Waals surface area contributed by atoms with E-state index in [-0.39, 0.29) is 11.8 Å². The van der Waals surface area contributed by atoms with Crippen LogP contribution in [0.1, 0.15) is 50.5 Å². The minimum Gasteiger partial charge on any atom is -0.369 e. The average molecular weight is 406 g/mol. The summed E-state index contributed by atoms with van der Waals surface area (Å²) in [4.78, 5) is 31.4. The Labute approximate surface area is 178 Å². The summed E-state index contributed by atoms with van der Waals surface area (Å²) < 4.78 is 0. The number of hydrogen-bond donors (Lipinski definition) is 1. The van der Waals surface area contributed by atoms with Crippen molar-refractivity contribution in [1.82, 2.24) is 9.88 Å². The van der Waals surface area contributed by atoms with Crippen LogP contribution in [0.25, 0.3) is 11.1 Å². The maximum Gasteiger partial charge on any atom is 0.225 e. The predicted octanol–water partition coefficient (Wildman–Crippen LogP) is 3.97. The Morgan fingerprint density at radius 2 is 1.83 bits per heavy atom. The van der Waals surface area contributed by atoms with Crippen LogP contribution in [0, 0.1) is 11.3 Å². The highest BCUT2D eigenvalue weighted by Gasteiger charge is 2.45. The molecule has 1 saturated heterocycles. The Kier molecular flexibility index (Phi) is 6.16. The van der Waals surface area contributed by atoms with Gasteiger partial charge in [-0.1, -0.05) is 49.9 Å².